The molecule has 31 heavy (non-hydrogen) atoms. The number of hydrogen-bond donors (Lipinski definition) is 2. The van der Waals surface area contributed by atoms with Crippen LogP contribution in [0.1, 0.15) is 40.3 Å². The maximum Gasteiger partial charge on any atom is 0.251 e. The topological polar surface area (TPSA) is 88.9 Å². The number of benzene rings is 2. The molecule has 1 heterocycles. The highest BCUT2D eigenvalue weighted by molar-refractivity contribution is 7.99. The summed E-state index contributed by atoms with van der Waals surface area (Å²) in [5, 5.41) is 15.3. The van der Waals surface area contributed by atoms with Crippen molar-refractivity contribution in [2.45, 2.75) is 32.0 Å². The first kappa shape index (κ1) is 22.8. The maximum atomic E-state index is 12.4. The number of nitrogens with one attached hydrogen (secondary N) is 2. The van der Waals surface area contributed by atoms with E-state index in [4.69, 9.17) is 11.6 Å². The van der Waals surface area contributed by atoms with Gasteiger partial charge in [0.2, 0.25) is 5.91 Å². The van der Waals surface area contributed by atoms with Gasteiger partial charge in [0.1, 0.15) is 0 Å². The first-order valence-corrected chi connectivity index (χ1v) is 11.1. The zero-order valence-electron chi connectivity index (χ0n) is 17.8. The third kappa shape index (κ3) is 5.86. The molecule has 0 aliphatic carbocycles. The molecule has 3 aromatic rings. The summed E-state index contributed by atoms with van der Waals surface area (Å²) in [4.78, 5) is 24.7. The van der Waals surface area contributed by atoms with Crippen LogP contribution in [0.2, 0.25) is 5.02 Å². The summed E-state index contributed by atoms with van der Waals surface area (Å²) < 4.78 is 1.78. The van der Waals surface area contributed by atoms with Gasteiger partial charge in [0.15, 0.2) is 11.0 Å². The maximum absolute atomic E-state index is 12.4. The zero-order valence-corrected chi connectivity index (χ0v) is 19.3. The largest absolute Gasteiger partial charge is 0.342 e. The van der Waals surface area contributed by atoms with Gasteiger partial charge in [-0.25, -0.2) is 0 Å². The Balaban J connectivity index is 1.57. The van der Waals surface area contributed by atoms with E-state index >= 15 is 0 Å². The minimum atomic E-state index is -0.362. The number of carbonyl (C=O) groups excluding carboxylic acids is 2. The van der Waals surface area contributed by atoms with E-state index < -0.39 is 0 Å². The van der Waals surface area contributed by atoms with E-state index in [0.717, 1.165) is 11.3 Å². The number of amides is 2. The Labute approximate surface area is 190 Å². The van der Waals surface area contributed by atoms with E-state index in [1.807, 2.05) is 46.0 Å². The second-order valence-electron chi connectivity index (χ2n) is 7.24. The molecular formula is C22H24ClN5O2S. The van der Waals surface area contributed by atoms with E-state index in [0.29, 0.717) is 21.6 Å². The lowest BCUT2D eigenvalue weighted by atomic mass is 10.1. The molecule has 2 amide bonds. The SMILES string of the molecule is Cc1ccc(NC(=O)CSc2nnc([C@@H](C)NC(=O)c3ccc(Cl)cc3)n2C)cc1C. The summed E-state index contributed by atoms with van der Waals surface area (Å²) in [5.41, 5.74) is 3.58. The predicted octanol–water partition coefficient (Wildman–Crippen LogP) is 4.31. The Morgan fingerprint density at radius 2 is 1.81 bits per heavy atom. The third-order valence-corrected chi connectivity index (χ3v) is 6.11. The van der Waals surface area contributed by atoms with Crippen molar-refractivity contribution in [2.75, 3.05) is 11.1 Å². The molecule has 0 bridgehead atoms. The summed E-state index contributed by atoms with van der Waals surface area (Å²) in [6.45, 7) is 5.87. The Morgan fingerprint density at radius 3 is 2.48 bits per heavy atom. The fourth-order valence-electron chi connectivity index (χ4n) is 2.92. The Hall–Kier alpha value is -2.84. The van der Waals surface area contributed by atoms with Crippen LogP contribution in [0, 0.1) is 13.8 Å². The fourth-order valence-corrected chi connectivity index (χ4v) is 3.77. The molecule has 0 radical (unpaired) electrons. The highest BCUT2D eigenvalue weighted by Crippen LogP contribution is 2.20. The van der Waals surface area contributed by atoms with Gasteiger partial charge >= 0.3 is 0 Å². The summed E-state index contributed by atoms with van der Waals surface area (Å²) in [7, 11) is 1.81. The molecule has 0 saturated carbocycles. The van der Waals surface area contributed by atoms with Gasteiger partial charge in [-0.15, -0.1) is 10.2 Å². The number of anilines is 1. The first-order valence-electron chi connectivity index (χ1n) is 9.70. The lowest BCUT2D eigenvalue weighted by molar-refractivity contribution is -0.113. The monoisotopic (exact) mass is 457 g/mol. The minimum absolute atomic E-state index is 0.123. The average Bonchev–Trinajstić information content (AvgIpc) is 3.10. The van der Waals surface area contributed by atoms with Crippen LogP contribution in [0.4, 0.5) is 5.69 Å². The van der Waals surface area contributed by atoms with Crippen LogP contribution in [-0.2, 0) is 11.8 Å². The fraction of sp³-hybridized carbons (Fsp3) is 0.273. The second-order valence-corrected chi connectivity index (χ2v) is 8.62. The van der Waals surface area contributed by atoms with Gasteiger partial charge in [-0.2, -0.15) is 0 Å². The van der Waals surface area contributed by atoms with Crippen LogP contribution in [0.5, 0.6) is 0 Å². The number of aryl methyl sites for hydroxylation is 2. The van der Waals surface area contributed by atoms with E-state index in [-0.39, 0.29) is 23.6 Å². The zero-order chi connectivity index (χ0) is 22.5. The summed E-state index contributed by atoms with van der Waals surface area (Å²) in [6, 6.07) is 12.1. The normalized spacial score (nSPS) is 11.8. The van der Waals surface area contributed by atoms with Gasteiger partial charge in [0.05, 0.1) is 11.8 Å². The van der Waals surface area contributed by atoms with Crippen LogP contribution < -0.4 is 10.6 Å². The molecule has 7 nitrogen and oxygen atoms in total. The molecule has 1 aromatic heterocycles. The smallest absolute Gasteiger partial charge is 0.251 e. The minimum Gasteiger partial charge on any atom is -0.342 e. The predicted molar refractivity (Wildman–Crippen MR) is 124 cm³/mol. The van der Waals surface area contributed by atoms with Crippen LogP contribution in [0.25, 0.3) is 0 Å². The molecule has 0 aliphatic heterocycles. The van der Waals surface area contributed by atoms with Crippen molar-refractivity contribution < 1.29 is 9.59 Å². The molecule has 0 unspecified atom stereocenters. The Bertz CT molecular complexity index is 1100. The second kappa shape index (κ2) is 9.98. The Morgan fingerprint density at radius 1 is 1.10 bits per heavy atom. The standard InChI is InChI=1S/C22H24ClN5O2S/c1-13-5-10-18(11-14(13)2)25-19(29)12-31-22-27-26-20(28(22)4)15(3)24-21(30)16-6-8-17(23)9-7-16/h5-11,15H,12H2,1-4H3,(H,24,30)(H,25,29)/t15-/m1/s1. The molecular weight excluding hydrogens is 434 g/mol. The van der Waals surface area contributed by atoms with Crippen molar-refractivity contribution in [3.8, 4) is 0 Å². The average molecular weight is 458 g/mol. The number of halogens is 1. The molecule has 3 rings (SSSR count). The lowest BCUT2D eigenvalue weighted by Crippen LogP contribution is -2.28. The molecule has 0 saturated heterocycles. The van der Waals surface area contributed by atoms with Crippen LogP contribution in [0.15, 0.2) is 47.6 Å². The van der Waals surface area contributed by atoms with Gasteiger partial charge in [-0.05, 0) is 68.3 Å². The molecule has 2 aromatic carbocycles. The van der Waals surface area contributed by atoms with Crippen molar-refractivity contribution >= 4 is 40.9 Å². The Kier molecular flexibility index (Phi) is 7.35. The molecule has 0 aliphatic rings. The van der Waals surface area contributed by atoms with Crippen LogP contribution in [-0.4, -0.2) is 32.3 Å². The number of thioether (sulfide) groups is 1. The van der Waals surface area contributed by atoms with Crippen molar-refractivity contribution in [3.63, 3.8) is 0 Å². The van der Waals surface area contributed by atoms with Crippen molar-refractivity contribution in [3.05, 3.63) is 70.0 Å². The molecule has 2 N–H and O–H groups in total. The van der Waals surface area contributed by atoms with E-state index in [1.165, 1.54) is 17.3 Å². The third-order valence-electron chi connectivity index (χ3n) is 4.83. The summed E-state index contributed by atoms with van der Waals surface area (Å²) in [5.74, 6) is 0.445. The molecule has 0 spiro atoms. The highest BCUT2D eigenvalue weighted by atomic mass is 35.5. The first-order chi connectivity index (χ1) is 14.7. The number of nitrogens with zero attached hydrogens (tertiary/aromatic N) is 3. The number of aromatic nitrogens is 3. The van der Waals surface area contributed by atoms with Crippen LogP contribution >= 0.6 is 23.4 Å². The van der Waals surface area contributed by atoms with Gasteiger partial charge < -0.3 is 15.2 Å². The van der Waals surface area contributed by atoms with E-state index in [1.54, 1.807) is 28.8 Å². The molecule has 0 fully saturated rings. The van der Waals surface area contributed by atoms with Gasteiger partial charge in [0, 0.05) is 23.3 Å². The van der Waals surface area contributed by atoms with Gasteiger partial charge in [-0.1, -0.05) is 29.4 Å². The molecule has 1 atom stereocenters. The number of carbonyl (C=O) groups is 2. The van der Waals surface area contributed by atoms with Crippen molar-refractivity contribution in [2.24, 2.45) is 7.05 Å². The van der Waals surface area contributed by atoms with E-state index in [9.17, 15) is 9.59 Å². The quantitative estimate of drug-likeness (QED) is 0.516. The van der Waals surface area contributed by atoms with Crippen molar-refractivity contribution in [1.82, 2.24) is 20.1 Å². The molecule has 9 heteroatoms. The van der Waals surface area contributed by atoms with Gasteiger partial charge in [-0.3, -0.25) is 9.59 Å². The summed E-state index contributed by atoms with van der Waals surface area (Å²) >= 11 is 7.15. The van der Waals surface area contributed by atoms with E-state index in [2.05, 4.69) is 20.8 Å². The lowest BCUT2D eigenvalue weighted by Gasteiger charge is -2.13. The van der Waals surface area contributed by atoms with Crippen molar-refractivity contribution in [1.29, 1.82) is 0 Å². The molecule has 162 valence electrons. The van der Waals surface area contributed by atoms with Crippen LogP contribution in [0.3, 0.4) is 0 Å². The highest BCUT2D eigenvalue weighted by Gasteiger charge is 2.19. The van der Waals surface area contributed by atoms with Gasteiger partial charge in [0.25, 0.3) is 5.91 Å². The number of rotatable bonds is 7. The number of hydrogen-bond acceptors (Lipinski definition) is 5. The summed E-state index contributed by atoms with van der Waals surface area (Å²) in [6.07, 6.45) is 0.